The number of halogens is 2. The van der Waals surface area contributed by atoms with Gasteiger partial charge >= 0.3 is 0 Å². The first-order valence-corrected chi connectivity index (χ1v) is 12.2. The molecule has 7 nitrogen and oxygen atoms in total. The van der Waals surface area contributed by atoms with Crippen molar-refractivity contribution < 1.29 is 26.7 Å². The highest BCUT2D eigenvalue weighted by Gasteiger charge is 2.30. The van der Waals surface area contributed by atoms with Crippen LogP contribution in [-0.2, 0) is 16.4 Å². The van der Waals surface area contributed by atoms with Gasteiger partial charge in [-0.3, -0.25) is 0 Å². The summed E-state index contributed by atoms with van der Waals surface area (Å²) in [6.07, 6.45) is 0. The topological polar surface area (TPSA) is 90.7 Å². The second-order valence-corrected chi connectivity index (χ2v) is 9.75. The summed E-state index contributed by atoms with van der Waals surface area (Å²) in [5.41, 5.74) is 1.24. The molecule has 0 unspecified atom stereocenters. The maximum absolute atomic E-state index is 13.6. The van der Waals surface area contributed by atoms with Gasteiger partial charge in [0.15, 0.2) is 11.5 Å². The molecule has 3 aromatic carbocycles. The molecule has 2 heterocycles. The second-order valence-electron chi connectivity index (χ2n) is 7.45. The van der Waals surface area contributed by atoms with Crippen molar-refractivity contribution in [2.24, 2.45) is 0 Å². The Morgan fingerprint density at radius 1 is 0.971 bits per heavy atom. The Kier molecular flexibility index (Phi) is 5.89. The molecular formula is C24H18ClFN2O5S. The fraction of sp³-hybridized carbons (Fsp3) is 0.125. The number of aromatic nitrogens is 1. The normalized spacial score (nSPS) is 13.0. The molecule has 1 aliphatic heterocycles. The van der Waals surface area contributed by atoms with Crippen LogP contribution in [0.25, 0.3) is 11.5 Å². The number of hydrogen-bond donors (Lipinski definition) is 1. The highest BCUT2D eigenvalue weighted by molar-refractivity contribution is 7.91. The minimum atomic E-state index is -4.11. The predicted molar refractivity (Wildman–Crippen MR) is 124 cm³/mol. The summed E-state index contributed by atoms with van der Waals surface area (Å²) >= 11 is 6.09. The predicted octanol–water partition coefficient (Wildman–Crippen LogP) is 5.35. The van der Waals surface area contributed by atoms with E-state index >= 15 is 0 Å². The lowest BCUT2D eigenvalue weighted by atomic mass is 10.2. The molecule has 0 radical (unpaired) electrons. The van der Waals surface area contributed by atoms with Crippen LogP contribution >= 0.6 is 11.6 Å². The van der Waals surface area contributed by atoms with E-state index < -0.39 is 9.84 Å². The van der Waals surface area contributed by atoms with Gasteiger partial charge < -0.3 is 19.2 Å². The molecule has 174 valence electrons. The molecule has 0 saturated carbocycles. The zero-order chi connectivity index (χ0) is 23.7. The Morgan fingerprint density at radius 2 is 1.74 bits per heavy atom. The van der Waals surface area contributed by atoms with Crippen molar-refractivity contribution in [3.8, 4) is 23.0 Å². The standard InChI is InChI=1S/C24H18ClFN2O5S/c25-17-3-1-2-16(12-17)22-28-24(23(33-22)27-14-15-4-6-18(26)7-5-15)34(29,30)19-8-9-20-21(13-19)32-11-10-31-20/h1-9,12-13,27H,10-11,14H2. The van der Waals surface area contributed by atoms with Crippen LogP contribution in [0.4, 0.5) is 10.3 Å². The first-order valence-electron chi connectivity index (χ1n) is 10.3. The van der Waals surface area contributed by atoms with Gasteiger partial charge in [0.2, 0.25) is 26.6 Å². The zero-order valence-electron chi connectivity index (χ0n) is 17.6. The number of oxazole rings is 1. The van der Waals surface area contributed by atoms with Gasteiger partial charge in [-0.15, -0.1) is 0 Å². The molecule has 34 heavy (non-hydrogen) atoms. The maximum Gasteiger partial charge on any atom is 0.234 e. The first kappa shape index (κ1) is 22.2. The SMILES string of the molecule is O=S(=O)(c1ccc2c(c1)OCCO2)c1nc(-c2cccc(Cl)c2)oc1NCc1ccc(F)cc1. The molecule has 0 atom stereocenters. The van der Waals surface area contributed by atoms with E-state index in [9.17, 15) is 12.8 Å². The zero-order valence-corrected chi connectivity index (χ0v) is 19.2. The van der Waals surface area contributed by atoms with Gasteiger partial charge in [-0.25, -0.2) is 12.8 Å². The van der Waals surface area contributed by atoms with Gasteiger partial charge in [-0.2, -0.15) is 4.98 Å². The van der Waals surface area contributed by atoms with E-state index in [4.69, 9.17) is 25.5 Å². The van der Waals surface area contributed by atoms with Crippen molar-refractivity contribution in [1.29, 1.82) is 0 Å². The summed E-state index contributed by atoms with van der Waals surface area (Å²) in [6.45, 7) is 0.904. The minimum absolute atomic E-state index is 0.0208. The van der Waals surface area contributed by atoms with Gasteiger partial charge in [-0.1, -0.05) is 29.8 Å². The Bertz CT molecular complexity index is 1450. The molecule has 1 aliphatic rings. The number of ether oxygens (including phenoxy) is 2. The largest absolute Gasteiger partial charge is 0.486 e. The number of fused-ring (bicyclic) bond motifs is 1. The highest BCUT2D eigenvalue weighted by atomic mass is 35.5. The Balaban J connectivity index is 1.55. The number of benzene rings is 3. The number of rotatable bonds is 6. The van der Waals surface area contributed by atoms with E-state index in [1.165, 1.54) is 24.3 Å². The average Bonchev–Trinajstić information content (AvgIpc) is 3.29. The van der Waals surface area contributed by atoms with Crippen molar-refractivity contribution in [3.63, 3.8) is 0 Å². The molecule has 1 aromatic heterocycles. The number of nitrogens with zero attached hydrogens (tertiary/aromatic N) is 1. The molecule has 0 spiro atoms. The third-order valence-electron chi connectivity index (χ3n) is 5.11. The van der Waals surface area contributed by atoms with E-state index in [2.05, 4.69) is 10.3 Å². The Labute approximate surface area is 200 Å². The summed E-state index contributed by atoms with van der Waals surface area (Å²) in [4.78, 5) is 4.28. The Hall–Kier alpha value is -3.56. The van der Waals surface area contributed by atoms with E-state index in [-0.39, 0.29) is 34.1 Å². The highest BCUT2D eigenvalue weighted by Crippen LogP contribution is 2.37. The summed E-state index contributed by atoms with van der Waals surface area (Å²) in [5.74, 6) is 0.481. The van der Waals surface area contributed by atoms with E-state index in [1.54, 1.807) is 42.5 Å². The van der Waals surface area contributed by atoms with Crippen LogP contribution in [0.15, 0.2) is 81.1 Å². The fourth-order valence-electron chi connectivity index (χ4n) is 3.43. The molecule has 0 bridgehead atoms. The molecule has 4 aromatic rings. The monoisotopic (exact) mass is 500 g/mol. The lowest BCUT2D eigenvalue weighted by Gasteiger charge is -2.18. The lowest BCUT2D eigenvalue weighted by Crippen LogP contribution is -2.16. The quantitative estimate of drug-likeness (QED) is 0.381. The molecule has 1 N–H and O–H groups in total. The van der Waals surface area contributed by atoms with Crippen LogP contribution in [0.1, 0.15) is 5.56 Å². The van der Waals surface area contributed by atoms with Crippen LogP contribution in [0, 0.1) is 5.82 Å². The van der Waals surface area contributed by atoms with Crippen molar-refractivity contribution in [3.05, 3.63) is 83.1 Å². The van der Waals surface area contributed by atoms with Crippen LogP contribution < -0.4 is 14.8 Å². The third-order valence-corrected chi connectivity index (χ3v) is 7.01. The summed E-state index contributed by atoms with van der Waals surface area (Å²) in [5, 5.41) is 3.13. The maximum atomic E-state index is 13.6. The van der Waals surface area contributed by atoms with Crippen molar-refractivity contribution >= 4 is 27.3 Å². The average molecular weight is 501 g/mol. The molecule has 0 saturated heterocycles. The fourth-order valence-corrected chi connectivity index (χ4v) is 4.92. The van der Waals surface area contributed by atoms with E-state index in [0.29, 0.717) is 35.3 Å². The van der Waals surface area contributed by atoms with Crippen LogP contribution in [0.2, 0.25) is 5.02 Å². The number of hydrogen-bond acceptors (Lipinski definition) is 7. The molecular weight excluding hydrogens is 483 g/mol. The van der Waals surface area contributed by atoms with Crippen LogP contribution in [0.3, 0.4) is 0 Å². The summed E-state index contributed by atoms with van der Waals surface area (Å²) in [7, 11) is -4.11. The third kappa shape index (κ3) is 4.44. The lowest BCUT2D eigenvalue weighted by molar-refractivity contribution is 0.171. The van der Waals surface area contributed by atoms with Gasteiger partial charge in [0.1, 0.15) is 19.0 Å². The van der Waals surface area contributed by atoms with E-state index in [1.807, 2.05) is 0 Å². The van der Waals surface area contributed by atoms with Crippen LogP contribution in [-0.4, -0.2) is 26.6 Å². The Morgan fingerprint density at radius 3 is 2.50 bits per heavy atom. The smallest absolute Gasteiger partial charge is 0.234 e. The molecule has 0 aliphatic carbocycles. The van der Waals surface area contributed by atoms with Crippen LogP contribution in [0.5, 0.6) is 11.5 Å². The molecule has 0 fully saturated rings. The van der Waals surface area contributed by atoms with Gasteiger partial charge in [-0.05, 0) is 48.0 Å². The molecule has 0 amide bonds. The first-order chi connectivity index (χ1) is 16.4. The number of sulfone groups is 1. The van der Waals surface area contributed by atoms with Crippen molar-refractivity contribution in [2.45, 2.75) is 16.5 Å². The van der Waals surface area contributed by atoms with Crippen molar-refractivity contribution in [1.82, 2.24) is 4.98 Å². The summed E-state index contributed by atoms with van der Waals surface area (Å²) in [6, 6.07) is 16.9. The molecule has 5 rings (SSSR count). The van der Waals surface area contributed by atoms with Gasteiger partial charge in [0.25, 0.3) is 0 Å². The number of nitrogens with one attached hydrogen (secondary N) is 1. The number of anilines is 1. The van der Waals surface area contributed by atoms with Crippen molar-refractivity contribution in [2.75, 3.05) is 18.5 Å². The van der Waals surface area contributed by atoms with Gasteiger partial charge in [0.05, 0.1) is 4.90 Å². The van der Waals surface area contributed by atoms with E-state index in [0.717, 1.165) is 5.56 Å². The minimum Gasteiger partial charge on any atom is -0.486 e. The van der Waals surface area contributed by atoms with Gasteiger partial charge in [0, 0.05) is 23.2 Å². The summed E-state index contributed by atoms with van der Waals surface area (Å²) < 4.78 is 57.2. The second kappa shape index (κ2) is 9.00. The molecule has 10 heteroatoms.